The Morgan fingerprint density at radius 3 is 2.52 bits per heavy atom. The van der Waals surface area contributed by atoms with Gasteiger partial charge in [-0.1, -0.05) is 12.1 Å². The summed E-state index contributed by atoms with van der Waals surface area (Å²) in [5, 5.41) is 10.0. The molecule has 6 nitrogen and oxygen atoms in total. The third kappa shape index (κ3) is 4.00. The Balaban J connectivity index is 1.71. The molecule has 7 heteroatoms. The SMILES string of the molecule is CC(C)Oc1ccc(NC(=O)c2nnc(-c3ccccc3F)o2)cc1. The number of ether oxygens (including phenoxy) is 1. The average Bonchev–Trinajstić information content (AvgIpc) is 3.06. The van der Waals surface area contributed by atoms with E-state index >= 15 is 0 Å². The van der Waals surface area contributed by atoms with Crippen molar-refractivity contribution < 1.29 is 18.3 Å². The van der Waals surface area contributed by atoms with E-state index in [1.165, 1.54) is 12.1 Å². The summed E-state index contributed by atoms with van der Waals surface area (Å²) < 4.78 is 24.5. The largest absolute Gasteiger partial charge is 0.491 e. The van der Waals surface area contributed by atoms with Crippen LogP contribution in [0.5, 0.6) is 5.75 Å². The number of carbonyl (C=O) groups excluding carboxylic acids is 1. The van der Waals surface area contributed by atoms with E-state index < -0.39 is 11.7 Å². The number of hydrogen-bond donors (Lipinski definition) is 1. The highest BCUT2D eigenvalue weighted by molar-refractivity contribution is 6.00. The van der Waals surface area contributed by atoms with Crippen molar-refractivity contribution >= 4 is 11.6 Å². The van der Waals surface area contributed by atoms with Crippen LogP contribution in [0.25, 0.3) is 11.5 Å². The minimum Gasteiger partial charge on any atom is -0.491 e. The summed E-state index contributed by atoms with van der Waals surface area (Å²) in [6.07, 6.45) is 0.0654. The van der Waals surface area contributed by atoms with Gasteiger partial charge in [-0.15, -0.1) is 10.2 Å². The smallest absolute Gasteiger partial charge is 0.313 e. The second-order valence-electron chi connectivity index (χ2n) is 5.54. The van der Waals surface area contributed by atoms with Gasteiger partial charge in [-0.2, -0.15) is 0 Å². The summed E-state index contributed by atoms with van der Waals surface area (Å²) in [4.78, 5) is 12.2. The summed E-state index contributed by atoms with van der Waals surface area (Å²) >= 11 is 0. The van der Waals surface area contributed by atoms with Crippen molar-refractivity contribution in [3.63, 3.8) is 0 Å². The Morgan fingerprint density at radius 1 is 1.12 bits per heavy atom. The molecule has 1 heterocycles. The zero-order valence-corrected chi connectivity index (χ0v) is 13.7. The van der Waals surface area contributed by atoms with Crippen LogP contribution >= 0.6 is 0 Å². The quantitative estimate of drug-likeness (QED) is 0.761. The molecule has 0 radical (unpaired) electrons. The van der Waals surface area contributed by atoms with Crippen molar-refractivity contribution in [2.24, 2.45) is 0 Å². The molecule has 25 heavy (non-hydrogen) atoms. The topological polar surface area (TPSA) is 77.2 Å². The molecular formula is C18H16FN3O3. The zero-order valence-electron chi connectivity index (χ0n) is 13.7. The van der Waals surface area contributed by atoms with Crippen molar-refractivity contribution in [1.82, 2.24) is 10.2 Å². The van der Waals surface area contributed by atoms with Crippen molar-refractivity contribution in [3.8, 4) is 17.2 Å². The molecule has 128 valence electrons. The summed E-state index contributed by atoms with van der Waals surface area (Å²) in [7, 11) is 0. The lowest BCUT2D eigenvalue weighted by atomic mass is 10.2. The van der Waals surface area contributed by atoms with Gasteiger partial charge in [0.25, 0.3) is 5.89 Å². The van der Waals surface area contributed by atoms with Crippen LogP contribution in [0.15, 0.2) is 52.9 Å². The normalized spacial score (nSPS) is 10.7. The number of rotatable bonds is 5. The van der Waals surface area contributed by atoms with Crippen LogP contribution in [0.4, 0.5) is 10.1 Å². The fourth-order valence-corrected chi connectivity index (χ4v) is 2.13. The van der Waals surface area contributed by atoms with E-state index in [4.69, 9.17) is 9.15 Å². The number of aromatic nitrogens is 2. The molecule has 3 rings (SSSR count). The molecule has 2 aromatic carbocycles. The van der Waals surface area contributed by atoms with Gasteiger partial charge in [0.2, 0.25) is 0 Å². The van der Waals surface area contributed by atoms with Crippen molar-refractivity contribution in [3.05, 3.63) is 60.2 Å². The van der Waals surface area contributed by atoms with E-state index in [0.29, 0.717) is 11.4 Å². The van der Waals surface area contributed by atoms with Gasteiger partial charge in [-0.25, -0.2) is 4.39 Å². The molecule has 0 fully saturated rings. The Kier molecular flexibility index (Phi) is 4.74. The number of benzene rings is 2. The second kappa shape index (κ2) is 7.12. The fraction of sp³-hybridized carbons (Fsp3) is 0.167. The molecule has 1 aromatic heterocycles. The maximum atomic E-state index is 13.7. The van der Waals surface area contributed by atoms with Gasteiger partial charge in [-0.3, -0.25) is 4.79 Å². The predicted octanol–water partition coefficient (Wildman–Crippen LogP) is 3.92. The van der Waals surface area contributed by atoms with Gasteiger partial charge in [-0.05, 0) is 50.2 Å². The first-order valence-electron chi connectivity index (χ1n) is 7.69. The first kappa shape index (κ1) is 16.6. The molecule has 1 N–H and O–H groups in total. The molecule has 0 unspecified atom stereocenters. The van der Waals surface area contributed by atoms with Gasteiger partial charge in [0, 0.05) is 5.69 Å². The fourth-order valence-electron chi connectivity index (χ4n) is 2.13. The standard InChI is InChI=1S/C18H16FN3O3/c1-11(2)24-13-9-7-12(8-10-13)20-16(23)18-22-21-17(25-18)14-5-3-4-6-15(14)19/h3-11H,1-2H3,(H,20,23). The zero-order chi connectivity index (χ0) is 17.8. The lowest BCUT2D eigenvalue weighted by molar-refractivity contribution is 0.0990. The number of halogens is 1. The molecule has 0 aliphatic rings. The average molecular weight is 341 g/mol. The summed E-state index contributed by atoms with van der Waals surface area (Å²) in [5.41, 5.74) is 0.691. The van der Waals surface area contributed by atoms with Gasteiger partial charge in [0.15, 0.2) is 0 Å². The van der Waals surface area contributed by atoms with Crippen LogP contribution in [0.3, 0.4) is 0 Å². The Labute approximate surface area is 143 Å². The van der Waals surface area contributed by atoms with Crippen LogP contribution < -0.4 is 10.1 Å². The molecule has 0 aliphatic heterocycles. The van der Waals surface area contributed by atoms with Crippen LogP contribution in [-0.4, -0.2) is 22.2 Å². The van der Waals surface area contributed by atoms with Crippen molar-refractivity contribution in [1.29, 1.82) is 0 Å². The van der Waals surface area contributed by atoms with Crippen LogP contribution in [0, 0.1) is 5.82 Å². The number of carbonyl (C=O) groups is 1. The summed E-state index contributed by atoms with van der Waals surface area (Å²) in [6.45, 7) is 3.86. The number of nitrogens with one attached hydrogen (secondary N) is 1. The number of anilines is 1. The van der Waals surface area contributed by atoms with Gasteiger partial charge in [0.1, 0.15) is 11.6 Å². The Morgan fingerprint density at radius 2 is 1.84 bits per heavy atom. The highest BCUT2D eigenvalue weighted by Crippen LogP contribution is 2.22. The second-order valence-corrected chi connectivity index (χ2v) is 5.54. The Bertz CT molecular complexity index is 875. The van der Waals surface area contributed by atoms with E-state index in [1.807, 2.05) is 13.8 Å². The van der Waals surface area contributed by atoms with E-state index in [9.17, 15) is 9.18 Å². The van der Waals surface area contributed by atoms with Crippen LogP contribution in [-0.2, 0) is 0 Å². The minimum atomic E-state index is -0.576. The molecule has 1 amide bonds. The maximum Gasteiger partial charge on any atom is 0.313 e. The number of amides is 1. The third-order valence-electron chi connectivity index (χ3n) is 3.21. The highest BCUT2D eigenvalue weighted by Gasteiger charge is 2.18. The van der Waals surface area contributed by atoms with Crippen LogP contribution in [0.2, 0.25) is 0 Å². The first-order chi connectivity index (χ1) is 12.0. The molecule has 0 aliphatic carbocycles. The molecule has 0 spiro atoms. The van der Waals surface area contributed by atoms with Gasteiger partial charge in [0.05, 0.1) is 11.7 Å². The van der Waals surface area contributed by atoms with E-state index in [2.05, 4.69) is 15.5 Å². The summed E-state index contributed by atoms with van der Waals surface area (Å²) in [5.74, 6) is -0.677. The van der Waals surface area contributed by atoms with E-state index in [-0.39, 0.29) is 23.4 Å². The number of hydrogen-bond acceptors (Lipinski definition) is 5. The number of nitrogens with zero attached hydrogens (tertiary/aromatic N) is 2. The van der Waals surface area contributed by atoms with E-state index in [1.54, 1.807) is 36.4 Å². The predicted molar refractivity (Wildman–Crippen MR) is 89.9 cm³/mol. The van der Waals surface area contributed by atoms with E-state index in [0.717, 1.165) is 0 Å². The summed E-state index contributed by atoms with van der Waals surface area (Å²) in [6, 6.07) is 12.9. The molecule has 0 atom stereocenters. The minimum absolute atomic E-state index is 0.0519. The molecular weight excluding hydrogens is 325 g/mol. The first-order valence-corrected chi connectivity index (χ1v) is 7.69. The highest BCUT2D eigenvalue weighted by atomic mass is 19.1. The lowest BCUT2D eigenvalue weighted by Gasteiger charge is -2.10. The van der Waals surface area contributed by atoms with Crippen molar-refractivity contribution in [2.45, 2.75) is 20.0 Å². The lowest BCUT2D eigenvalue weighted by Crippen LogP contribution is -2.12. The van der Waals surface area contributed by atoms with Gasteiger partial charge < -0.3 is 14.5 Å². The van der Waals surface area contributed by atoms with Gasteiger partial charge >= 0.3 is 11.8 Å². The van der Waals surface area contributed by atoms with Crippen LogP contribution in [0.1, 0.15) is 24.5 Å². The third-order valence-corrected chi connectivity index (χ3v) is 3.21. The maximum absolute atomic E-state index is 13.7. The Hall–Kier alpha value is -3.22. The molecule has 0 saturated heterocycles. The molecule has 3 aromatic rings. The molecule has 0 saturated carbocycles. The monoisotopic (exact) mass is 341 g/mol. The molecule has 0 bridgehead atoms. The van der Waals surface area contributed by atoms with Crippen molar-refractivity contribution in [2.75, 3.05) is 5.32 Å².